The third-order valence-corrected chi connectivity index (χ3v) is 10.7. The van der Waals surface area contributed by atoms with Gasteiger partial charge in [0, 0.05) is 30.9 Å². The summed E-state index contributed by atoms with van der Waals surface area (Å²) in [5.74, 6) is 2.20. The van der Waals surface area contributed by atoms with Gasteiger partial charge in [-0.3, -0.25) is 9.69 Å². The molecule has 0 radical (unpaired) electrons. The topological polar surface area (TPSA) is 54.0 Å². The van der Waals surface area contributed by atoms with Crippen LogP contribution in [0.25, 0.3) is 0 Å². The number of carbonyl (C=O) groups excluding carboxylic acids is 1. The van der Waals surface area contributed by atoms with E-state index >= 15 is 0 Å². The van der Waals surface area contributed by atoms with Gasteiger partial charge in [-0.15, -0.1) is 0 Å². The summed E-state index contributed by atoms with van der Waals surface area (Å²) in [6.45, 7) is 12.8. The number of rotatable bonds is 3. The Morgan fingerprint density at radius 3 is 2.17 bits per heavy atom. The lowest BCUT2D eigenvalue weighted by Gasteiger charge is -2.54. The van der Waals surface area contributed by atoms with Gasteiger partial charge in [0.05, 0.1) is 16.6 Å². The Hall–Kier alpha value is -1.41. The molecule has 188 valence electrons. The maximum atomic E-state index is 14.2. The van der Waals surface area contributed by atoms with Gasteiger partial charge in [0.15, 0.2) is 0 Å². The number of nitrogens with one attached hydrogen (secondary N) is 1. The fourth-order valence-corrected chi connectivity index (χ4v) is 7.71. The number of fused-ring (bicyclic) bond motifs is 4. The van der Waals surface area contributed by atoms with Crippen LogP contribution >= 0.6 is 0 Å². The maximum Gasteiger partial charge on any atom is 0.494 e. The molecule has 1 N–H and O–H groups in total. The van der Waals surface area contributed by atoms with Crippen LogP contribution in [-0.4, -0.2) is 67.4 Å². The monoisotopic (exact) mass is 477 g/mol. The van der Waals surface area contributed by atoms with Crippen LogP contribution in [-0.2, 0) is 19.5 Å². The van der Waals surface area contributed by atoms with Crippen LogP contribution in [0.15, 0.2) is 18.2 Å². The number of anilines is 1. The Morgan fingerprint density at radius 2 is 1.54 bits per heavy atom. The number of hydrogen-bond donors (Lipinski definition) is 1. The number of piperidine rings is 3. The number of amides is 1. The molecule has 35 heavy (non-hydrogen) atoms. The molecule has 2 saturated carbocycles. The van der Waals surface area contributed by atoms with Crippen LogP contribution in [0.2, 0.25) is 0 Å². The van der Waals surface area contributed by atoms with Gasteiger partial charge >= 0.3 is 7.12 Å². The van der Waals surface area contributed by atoms with Crippen molar-refractivity contribution in [3.05, 3.63) is 23.8 Å². The third kappa shape index (κ3) is 3.27. The first-order valence-corrected chi connectivity index (χ1v) is 14.0. The first-order chi connectivity index (χ1) is 16.7. The minimum atomic E-state index is -0.402. The summed E-state index contributed by atoms with van der Waals surface area (Å²) in [6.07, 6.45) is 6.89. The first-order valence-electron chi connectivity index (χ1n) is 14.0. The molecule has 4 saturated heterocycles. The van der Waals surface area contributed by atoms with E-state index in [0.29, 0.717) is 18.0 Å². The number of benzene rings is 1. The summed E-state index contributed by atoms with van der Waals surface area (Å²) in [5, 5.41) is 3.47. The molecule has 0 atom stereocenters. The molecular weight excluding hydrogens is 437 g/mol. The molecule has 7 heteroatoms. The standard InChI is InChI=1S/C28H40BN3O3/c1-26(2)27(3,4)35-29(34-26)20-5-6-23-24(13-20)32(25(33)28(23)7-9-30-10-8-28)22-14-21(15-22)31-16-18-11-19(12-18)17-31/h5-6,13,18-19,21-22,30H,7-12,14-17H2,1-4H3. The summed E-state index contributed by atoms with van der Waals surface area (Å²) in [6, 6.07) is 7.54. The van der Waals surface area contributed by atoms with Crippen LogP contribution in [0, 0.1) is 11.8 Å². The van der Waals surface area contributed by atoms with Crippen molar-refractivity contribution in [3.63, 3.8) is 0 Å². The smallest absolute Gasteiger partial charge is 0.399 e. The lowest BCUT2D eigenvalue weighted by Crippen LogP contribution is -2.61. The summed E-state index contributed by atoms with van der Waals surface area (Å²) in [7, 11) is -0.402. The second-order valence-corrected chi connectivity index (χ2v) is 13.3. The molecule has 6 fully saturated rings. The van der Waals surface area contributed by atoms with Crippen LogP contribution in [0.4, 0.5) is 5.69 Å². The fourth-order valence-electron chi connectivity index (χ4n) is 7.71. The average molecular weight is 477 g/mol. The van der Waals surface area contributed by atoms with E-state index < -0.39 is 7.12 Å². The van der Waals surface area contributed by atoms with Gasteiger partial charge in [-0.1, -0.05) is 12.1 Å². The number of carbonyl (C=O) groups is 1. The Balaban J connectivity index is 1.18. The summed E-state index contributed by atoms with van der Waals surface area (Å²) in [5.41, 5.74) is 2.25. The molecule has 7 aliphatic rings. The molecule has 2 bridgehead atoms. The predicted molar refractivity (Wildman–Crippen MR) is 138 cm³/mol. The van der Waals surface area contributed by atoms with E-state index in [1.165, 1.54) is 31.5 Å². The molecule has 1 amide bonds. The molecule has 0 aromatic heterocycles. The van der Waals surface area contributed by atoms with E-state index in [4.69, 9.17) is 9.31 Å². The molecule has 1 aromatic rings. The highest BCUT2D eigenvalue weighted by molar-refractivity contribution is 6.62. The third-order valence-electron chi connectivity index (χ3n) is 10.7. The van der Waals surface area contributed by atoms with Crippen molar-refractivity contribution in [1.82, 2.24) is 10.2 Å². The van der Waals surface area contributed by atoms with E-state index in [9.17, 15) is 4.79 Å². The summed E-state index contributed by atoms with van der Waals surface area (Å²) >= 11 is 0. The van der Waals surface area contributed by atoms with Crippen molar-refractivity contribution in [1.29, 1.82) is 0 Å². The van der Waals surface area contributed by atoms with Crippen LogP contribution in [0.3, 0.4) is 0 Å². The lowest BCUT2D eigenvalue weighted by atomic mass is 9.69. The Morgan fingerprint density at radius 1 is 0.914 bits per heavy atom. The minimum absolute atomic E-state index is 0.312. The summed E-state index contributed by atoms with van der Waals surface area (Å²) in [4.78, 5) is 19.1. The zero-order valence-electron chi connectivity index (χ0n) is 21.8. The van der Waals surface area contributed by atoms with Gasteiger partial charge in [0.2, 0.25) is 5.91 Å². The van der Waals surface area contributed by atoms with Gasteiger partial charge in [-0.2, -0.15) is 0 Å². The second kappa shape index (κ2) is 7.56. The zero-order chi connectivity index (χ0) is 24.2. The van der Waals surface area contributed by atoms with E-state index in [2.05, 4.69) is 61.0 Å². The SMILES string of the molecule is CC1(C)OB(c2ccc3c(c2)N(C2CC(N4CC5CC(C5)C4)C2)C(=O)C32CCNCC2)OC1(C)C. The van der Waals surface area contributed by atoms with Crippen molar-refractivity contribution in [2.24, 2.45) is 11.8 Å². The van der Waals surface area contributed by atoms with Crippen molar-refractivity contribution in [3.8, 4) is 0 Å². The Labute approximate surface area is 210 Å². The molecule has 5 aliphatic heterocycles. The van der Waals surface area contributed by atoms with Crippen LogP contribution in [0.5, 0.6) is 0 Å². The van der Waals surface area contributed by atoms with E-state index in [-0.39, 0.29) is 16.6 Å². The molecule has 2 aliphatic carbocycles. The number of hydrogen-bond acceptors (Lipinski definition) is 5. The maximum absolute atomic E-state index is 14.2. The van der Waals surface area contributed by atoms with Crippen LogP contribution in [0.1, 0.15) is 71.8 Å². The molecule has 1 spiro atoms. The first kappa shape index (κ1) is 22.8. The quantitative estimate of drug-likeness (QED) is 0.679. The lowest BCUT2D eigenvalue weighted by molar-refractivity contribution is -0.125. The van der Waals surface area contributed by atoms with E-state index in [1.54, 1.807) is 0 Å². The average Bonchev–Trinajstić information content (AvgIpc) is 3.14. The highest BCUT2D eigenvalue weighted by Gasteiger charge is 2.57. The van der Waals surface area contributed by atoms with E-state index in [1.807, 2.05) is 0 Å². The van der Waals surface area contributed by atoms with Crippen molar-refractivity contribution in [2.75, 3.05) is 31.1 Å². The molecule has 0 unspecified atom stereocenters. The predicted octanol–water partition coefficient (Wildman–Crippen LogP) is 2.83. The van der Waals surface area contributed by atoms with Gasteiger partial charge in [0.25, 0.3) is 0 Å². The second-order valence-electron chi connectivity index (χ2n) is 13.3. The van der Waals surface area contributed by atoms with Crippen molar-refractivity contribution < 1.29 is 14.1 Å². The largest absolute Gasteiger partial charge is 0.494 e. The van der Waals surface area contributed by atoms with Gasteiger partial charge in [-0.05, 0) is 108 Å². The van der Waals surface area contributed by atoms with Crippen LogP contribution < -0.4 is 15.7 Å². The Kier molecular flexibility index (Phi) is 4.92. The fraction of sp³-hybridized carbons (Fsp3) is 0.750. The molecular formula is C28H40BN3O3. The minimum Gasteiger partial charge on any atom is -0.399 e. The molecule has 1 aromatic carbocycles. The number of nitrogens with zero attached hydrogens (tertiary/aromatic N) is 2. The Bertz CT molecular complexity index is 1010. The highest BCUT2D eigenvalue weighted by Crippen LogP contribution is 2.51. The van der Waals surface area contributed by atoms with E-state index in [0.717, 1.165) is 61.8 Å². The molecule has 8 rings (SSSR count). The van der Waals surface area contributed by atoms with Crippen molar-refractivity contribution in [2.45, 2.75) is 94.9 Å². The van der Waals surface area contributed by atoms with Gasteiger partial charge in [0.1, 0.15) is 0 Å². The van der Waals surface area contributed by atoms with Crippen molar-refractivity contribution >= 4 is 24.2 Å². The molecule has 6 nitrogen and oxygen atoms in total. The normalized spacial score (nSPS) is 36.7. The summed E-state index contributed by atoms with van der Waals surface area (Å²) < 4.78 is 12.8. The van der Waals surface area contributed by atoms with Gasteiger partial charge in [-0.25, -0.2) is 0 Å². The molecule has 5 heterocycles. The van der Waals surface area contributed by atoms with Gasteiger partial charge < -0.3 is 19.5 Å². The zero-order valence-corrected chi connectivity index (χ0v) is 21.8. The highest BCUT2D eigenvalue weighted by atomic mass is 16.7.